The first-order valence-electron chi connectivity index (χ1n) is 8.93. The highest BCUT2D eigenvalue weighted by Crippen LogP contribution is 2.17. The van der Waals surface area contributed by atoms with Crippen molar-refractivity contribution in [2.75, 3.05) is 29.9 Å². The van der Waals surface area contributed by atoms with Crippen molar-refractivity contribution in [3.05, 3.63) is 53.7 Å². The van der Waals surface area contributed by atoms with E-state index >= 15 is 0 Å². The van der Waals surface area contributed by atoms with Gasteiger partial charge in [0, 0.05) is 49.1 Å². The average molecular weight is 372 g/mol. The maximum Gasteiger partial charge on any atom is 0.257 e. The molecule has 0 spiro atoms. The van der Waals surface area contributed by atoms with Gasteiger partial charge in [-0.05, 0) is 37.6 Å². The van der Waals surface area contributed by atoms with Crippen LogP contribution >= 0.6 is 11.8 Å². The van der Waals surface area contributed by atoms with Gasteiger partial charge in [0.15, 0.2) is 0 Å². The largest absolute Gasteiger partial charge is 0.475 e. The van der Waals surface area contributed by atoms with Crippen LogP contribution in [0.4, 0.5) is 5.69 Å². The molecule has 1 aliphatic rings. The van der Waals surface area contributed by atoms with Crippen molar-refractivity contribution in [1.82, 2.24) is 9.88 Å². The summed E-state index contributed by atoms with van der Waals surface area (Å²) >= 11 is 2.01. The van der Waals surface area contributed by atoms with Crippen molar-refractivity contribution in [2.24, 2.45) is 0 Å². The van der Waals surface area contributed by atoms with Gasteiger partial charge in [0.05, 0.1) is 11.7 Å². The van der Waals surface area contributed by atoms with E-state index in [1.54, 1.807) is 18.3 Å². The first kappa shape index (κ1) is 18.7. The minimum Gasteiger partial charge on any atom is -0.475 e. The van der Waals surface area contributed by atoms with Crippen LogP contribution in [0.5, 0.6) is 5.88 Å². The number of nitrogens with one attached hydrogen (secondary N) is 1. The van der Waals surface area contributed by atoms with Gasteiger partial charge in [-0.1, -0.05) is 12.1 Å². The Morgan fingerprint density at radius 1 is 1.27 bits per heavy atom. The standard InChI is InChI=1S/C20H25N3O2S/c1-15(2)25-19-7-6-17(13-21-19)20(24)22-18-5-3-4-16(12-18)14-23-8-10-26-11-9-23/h3-7,12-13,15H,8-11,14H2,1-2H3,(H,22,24). The molecular formula is C20H25N3O2S. The van der Waals surface area contributed by atoms with Gasteiger partial charge in [0.1, 0.15) is 0 Å². The van der Waals surface area contributed by atoms with Crippen molar-refractivity contribution in [3.8, 4) is 5.88 Å². The fourth-order valence-corrected chi connectivity index (χ4v) is 3.77. The zero-order valence-electron chi connectivity index (χ0n) is 15.3. The molecule has 0 atom stereocenters. The summed E-state index contributed by atoms with van der Waals surface area (Å²) in [5.74, 6) is 2.75. The smallest absolute Gasteiger partial charge is 0.257 e. The molecule has 1 aromatic heterocycles. The van der Waals surface area contributed by atoms with Gasteiger partial charge in [-0.25, -0.2) is 4.98 Å². The van der Waals surface area contributed by atoms with Gasteiger partial charge in [-0.3, -0.25) is 9.69 Å². The number of anilines is 1. The molecule has 2 aromatic rings. The van der Waals surface area contributed by atoms with E-state index in [1.807, 2.05) is 43.8 Å². The Labute approximate surface area is 159 Å². The predicted octanol–water partition coefficient (Wildman–Crippen LogP) is 3.67. The highest BCUT2D eigenvalue weighted by atomic mass is 32.2. The first-order chi connectivity index (χ1) is 12.6. The molecule has 2 heterocycles. The average Bonchev–Trinajstić information content (AvgIpc) is 2.63. The summed E-state index contributed by atoms with van der Waals surface area (Å²) < 4.78 is 5.51. The number of rotatable bonds is 6. The van der Waals surface area contributed by atoms with E-state index in [2.05, 4.69) is 21.3 Å². The maximum atomic E-state index is 12.4. The molecule has 138 valence electrons. The van der Waals surface area contributed by atoms with Crippen molar-refractivity contribution in [1.29, 1.82) is 0 Å². The number of carbonyl (C=O) groups excluding carboxylic acids is 1. The third kappa shape index (κ3) is 5.47. The van der Waals surface area contributed by atoms with E-state index in [-0.39, 0.29) is 12.0 Å². The molecule has 0 aliphatic carbocycles. The molecule has 0 bridgehead atoms. The minimum absolute atomic E-state index is 0.0587. The number of carbonyl (C=O) groups is 1. The van der Waals surface area contributed by atoms with E-state index in [9.17, 15) is 4.79 Å². The molecule has 26 heavy (non-hydrogen) atoms. The Hall–Kier alpha value is -2.05. The lowest BCUT2D eigenvalue weighted by Gasteiger charge is -2.26. The lowest BCUT2D eigenvalue weighted by Crippen LogP contribution is -2.31. The summed E-state index contributed by atoms with van der Waals surface area (Å²) in [6, 6.07) is 11.5. The van der Waals surface area contributed by atoms with Gasteiger partial charge >= 0.3 is 0 Å². The summed E-state index contributed by atoms with van der Waals surface area (Å²) in [7, 11) is 0. The number of thioether (sulfide) groups is 1. The second kappa shape index (κ2) is 9.05. The lowest BCUT2D eigenvalue weighted by molar-refractivity contribution is 0.102. The molecule has 1 fully saturated rings. The molecule has 5 nitrogen and oxygen atoms in total. The Balaban J connectivity index is 1.60. The van der Waals surface area contributed by atoms with Gasteiger partial charge in [-0.2, -0.15) is 11.8 Å². The van der Waals surface area contributed by atoms with E-state index < -0.39 is 0 Å². The maximum absolute atomic E-state index is 12.4. The molecule has 1 amide bonds. The summed E-state index contributed by atoms with van der Waals surface area (Å²) in [6.07, 6.45) is 1.60. The van der Waals surface area contributed by atoms with Crippen LogP contribution in [-0.4, -0.2) is 46.5 Å². The van der Waals surface area contributed by atoms with E-state index in [0.717, 1.165) is 25.3 Å². The van der Waals surface area contributed by atoms with Crippen LogP contribution in [0.3, 0.4) is 0 Å². The molecule has 6 heteroatoms. The number of hydrogen-bond donors (Lipinski definition) is 1. The minimum atomic E-state index is -0.167. The molecule has 1 N–H and O–H groups in total. The zero-order valence-corrected chi connectivity index (χ0v) is 16.1. The van der Waals surface area contributed by atoms with Crippen molar-refractivity contribution in [3.63, 3.8) is 0 Å². The number of amides is 1. The van der Waals surface area contributed by atoms with Gasteiger partial charge in [0.2, 0.25) is 5.88 Å². The monoisotopic (exact) mass is 371 g/mol. The lowest BCUT2D eigenvalue weighted by atomic mass is 10.1. The van der Waals surface area contributed by atoms with Gasteiger partial charge in [0.25, 0.3) is 5.91 Å². The number of nitrogens with zero attached hydrogens (tertiary/aromatic N) is 2. The third-order valence-electron chi connectivity index (χ3n) is 4.05. The molecule has 1 aliphatic heterocycles. The topological polar surface area (TPSA) is 54.5 Å². The fraction of sp³-hybridized carbons (Fsp3) is 0.400. The van der Waals surface area contributed by atoms with Crippen molar-refractivity contribution < 1.29 is 9.53 Å². The number of pyridine rings is 1. The van der Waals surface area contributed by atoms with E-state index in [4.69, 9.17) is 4.74 Å². The van der Waals surface area contributed by atoms with Crippen LogP contribution in [0.1, 0.15) is 29.8 Å². The van der Waals surface area contributed by atoms with E-state index in [0.29, 0.717) is 11.4 Å². The number of ether oxygens (including phenoxy) is 1. The molecule has 3 rings (SSSR count). The predicted molar refractivity (Wildman–Crippen MR) is 107 cm³/mol. The zero-order chi connectivity index (χ0) is 18.4. The highest BCUT2D eigenvalue weighted by Gasteiger charge is 2.12. The second-order valence-corrected chi connectivity index (χ2v) is 7.82. The Morgan fingerprint density at radius 2 is 2.08 bits per heavy atom. The molecule has 0 saturated carbocycles. The summed E-state index contributed by atoms with van der Waals surface area (Å²) in [5.41, 5.74) is 2.54. The highest BCUT2D eigenvalue weighted by molar-refractivity contribution is 7.99. The summed E-state index contributed by atoms with van der Waals surface area (Å²) in [5, 5.41) is 2.95. The summed E-state index contributed by atoms with van der Waals surface area (Å²) in [6.45, 7) is 7.05. The molecule has 0 radical (unpaired) electrons. The number of hydrogen-bond acceptors (Lipinski definition) is 5. The van der Waals surface area contributed by atoms with Crippen LogP contribution in [-0.2, 0) is 6.54 Å². The Morgan fingerprint density at radius 3 is 2.77 bits per heavy atom. The Bertz CT molecular complexity index is 728. The second-order valence-electron chi connectivity index (χ2n) is 6.59. The summed E-state index contributed by atoms with van der Waals surface area (Å²) in [4.78, 5) is 19.1. The molecule has 1 saturated heterocycles. The van der Waals surface area contributed by atoms with Crippen molar-refractivity contribution >= 4 is 23.4 Å². The normalized spacial score (nSPS) is 15.0. The fourth-order valence-electron chi connectivity index (χ4n) is 2.79. The van der Waals surface area contributed by atoms with Crippen LogP contribution in [0.2, 0.25) is 0 Å². The first-order valence-corrected chi connectivity index (χ1v) is 10.1. The SMILES string of the molecule is CC(C)Oc1ccc(C(=O)Nc2cccc(CN3CCSCC3)c2)cn1. The van der Waals surface area contributed by atoms with Crippen LogP contribution in [0.15, 0.2) is 42.6 Å². The van der Waals surface area contributed by atoms with Crippen LogP contribution < -0.4 is 10.1 Å². The Kier molecular flexibility index (Phi) is 6.52. The molecular weight excluding hydrogens is 346 g/mol. The molecule has 0 unspecified atom stereocenters. The number of benzene rings is 1. The third-order valence-corrected chi connectivity index (χ3v) is 4.99. The van der Waals surface area contributed by atoms with Crippen molar-refractivity contribution in [2.45, 2.75) is 26.5 Å². The van der Waals surface area contributed by atoms with Crippen LogP contribution in [0.25, 0.3) is 0 Å². The van der Waals surface area contributed by atoms with Gasteiger partial charge < -0.3 is 10.1 Å². The number of aromatic nitrogens is 1. The quantitative estimate of drug-likeness (QED) is 0.840. The molecule has 1 aromatic carbocycles. The van der Waals surface area contributed by atoms with Gasteiger partial charge in [-0.15, -0.1) is 0 Å². The van der Waals surface area contributed by atoms with E-state index in [1.165, 1.54) is 17.1 Å². The van der Waals surface area contributed by atoms with Crippen LogP contribution in [0, 0.1) is 0 Å².